The van der Waals surface area contributed by atoms with Gasteiger partial charge in [-0.05, 0) is 44.2 Å². The van der Waals surface area contributed by atoms with Gasteiger partial charge >= 0.3 is 0 Å². The maximum atomic E-state index is 12.2. The Bertz CT molecular complexity index is 743. The molecule has 2 aromatic carbocycles. The van der Waals surface area contributed by atoms with Gasteiger partial charge in [0.25, 0.3) is 11.6 Å². The van der Waals surface area contributed by atoms with E-state index in [-0.39, 0.29) is 5.69 Å². The van der Waals surface area contributed by atoms with Gasteiger partial charge in [0, 0.05) is 6.07 Å². The van der Waals surface area contributed by atoms with Gasteiger partial charge in [-0.2, -0.15) is 0 Å². The fourth-order valence-electron chi connectivity index (χ4n) is 2.10. The lowest BCUT2D eigenvalue weighted by atomic mass is 10.1. The fraction of sp³-hybridized carbons (Fsp3) is 0.235. The first-order chi connectivity index (χ1) is 11.4. The summed E-state index contributed by atoms with van der Waals surface area (Å²) in [6.45, 7) is 3.19. The first-order valence-electron chi connectivity index (χ1n) is 7.28. The summed E-state index contributed by atoms with van der Waals surface area (Å²) >= 11 is 0. The van der Waals surface area contributed by atoms with Crippen molar-refractivity contribution < 1.29 is 19.2 Å². The molecule has 1 atom stereocenters. The molecule has 0 aliphatic rings. The Kier molecular flexibility index (Phi) is 5.36. The lowest BCUT2D eigenvalue weighted by Crippen LogP contribution is -2.30. The average Bonchev–Trinajstić information content (AvgIpc) is 2.57. The topological polar surface area (TPSA) is 90.7 Å². The van der Waals surface area contributed by atoms with Crippen molar-refractivity contribution >= 4 is 17.3 Å². The van der Waals surface area contributed by atoms with Crippen molar-refractivity contribution in [2.45, 2.75) is 20.0 Å². The Morgan fingerprint density at radius 1 is 1.17 bits per heavy atom. The summed E-state index contributed by atoms with van der Waals surface area (Å²) in [5, 5.41) is 13.6. The fourth-order valence-corrected chi connectivity index (χ4v) is 2.10. The number of nitro groups is 1. The van der Waals surface area contributed by atoms with Crippen LogP contribution in [0.25, 0.3) is 0 Å². The second-order valence-corrected chi connectivity index (χ2v) is 5.13. The van der Waals surface area contributed by atoms with Gasteiger partial charge in [-0.15, -0.1) is 0 Å². The van der Waals surface area contributed by atoms with E-state index in [1.165, 1.54) is 12.1 Å². The zero-order chi connectivity index (χ0) is 17.7. The molecule has 0 bridgehead atoms. The molecule has 7 heteroatoms. The Morgan fingerprint density at radius 3 is 2.38 bits per heavy atom. The molecular formula is C17H18N2O5. The van der Waals surface area contributed by atoms with Crippen molar-refractivity contribution in [3.8, 4) is 11.5 Å². The number of carbonyl (C=O) groups is 1. The Hall–Kier alpha value is -3.09. The zero-order valence-electron chi connectivity index (χ0n) is 13.6. The van der Waals surface area contributed by atoms with Crippen LogP contribution in [0.2, 0.25) is 0 Å². The van der Waals surface area contributed by atoms with E-state index in [0.29, 0.717) is 22.7 Å². The average molecular weight is 330 g/mol. The molecule has 0 unspecified atom stereocenters. The highest BCUT2D eigenvalue weighted by Crippen LogP contribution is 2.25. The molecule has 0 aliphatic carbocycles. The number of benzene rings is 2. The van der Waals surface area contributed by atoms with Crippen LogP contribution in [0.5, 0.6) is 11.5 Å². The van der Waals surface area contributed by atoms with Crippen molar-refractivity contribution in [3.63, 3.8) is 0 Å². The maximum absolute atomic E-state index is 12.2. The summed E-state index contributed by atoms with van der Waals surface area (Å²) in [5.41, 5.74) is 0.739. The van der Waals surface area contributed by atoms with Gasteiger partial charge in [0.05, 0.1) is 23.3 Å². The third-order valence-corrected chi connectivity index (χ3v) is 3.50. The number of methoxy groups -OCH3 is 1. The summed E-state index contributed by atoms with van der Waals surface area (Å²) in [5.74, 6) is 0.815. The van der Waals surface area contributed by atoms with Crippen LogP contribution in [0, 0.1) is 17.0 Å². The molecule has 1 N–H and O–H groups in total. The van der Waals surface area contributed by atoms with Gasteiger partial charge in [0.15, 0.2) is 6.10 Å². The molecular weight excluding hydrogens is 312 g/mol. The molecule has 2 aromatic rings. The predicted octanol–water partition coefficient (Wildman–Crippen LogP) is 3.32. The molecule has 0 saturated carbocycles. The number of hydrogen-bond acceptors (Lipinski definition) is 5. The van der Waals surface area contributed by atoms with Crippen molar-refractivity contribution in [2.24, 2.45) is 0 Å². The second-order valence-electron chi connectivity index (χ2n) is 5.13. The molecule has 24 heavy (non-hydrogen) atoms. The first-order valence-corrected chi connectivity index (χ1v) is 7.28. The Morgan fingerprint density at radius 2 is 1.79 bits per heavy atom. The van der Waals surface area contributed by atoms with E-state index >= 15 is 0 Å². The number of anilines is 1. The lowest BCUT2D eigenvalue weighted by Gasteiger charge is -2.16. The molecule has 0 aromatic heterocycles. The number of nitro benzene ring substituents is 1. The third-order valence-electron chi connectivity index (χ3n) is 3.50. The molecule has 0 aliphatic heterocycles. The van der Waals surface area contributed by atoms with E-state index < -0.39 is 16.9 Å². The molecule has 126 valence electrons. The molecule has 2 rings (SSSR count). The Balaban J connectivity index is 2.06. The van der Waals surface area contributed by atoms with Gasteiger partial charge in [0.2, 0.25) is 0 Å². The van der Waals surface area contributed by atoms with Crippen LogP contribution in [-0.2, 0) is 4.79 Å². The number of ether oxygens (including phenoxy) is 2. The molecule has 0 radical (unpaired) electrons. The second kappa shape index (κ2) is 7.45. The predicted molar refractivity (Wildman–Crippen MR) is 89.5 cm³/mol. The van der Waals surface area contributed by atoms with Gasteiger partial charge in [-0.3, -0.25) is 14.9 Å². The Labute approximate surface area is 139 Å². The van der Waals surface area contributed by atoms with Crippen LogP contribution in [0.3, 0.4) is 0 Å². The van der Waals surface area contributed by atoms with Crippen LogP contribution in [0.4, 0.5) is 11.4 Å². The van der Waals surface area contributed by atoms with E-state index in [9.17, 15) is 14.9 Å². The van der Waals surface area contributed by atoms with Gasteiger partial charge in [-0.25, -0.2) is 0 Å². The smallest absolute Gasteiger partial charge is 0.274 e. The molecule has 0 heterocycles. The lowest BCUT2D eigenvalue weighted by molar-refractivity contribution is -0.385. The number of carbonyl (C=O) groups excluding carboxylic acids is 1. The summed E-state index contributed by atoms with van der Waals surface area (Å²) in [4.78, 5) is 22.7. The van der Waals surface area contributed by atoms with Gasteiger partial charge in [0.1, 0.15) is 11.5 Å². The molecule has 0 spiro atoms. The first kappa shape index (κ1) is 17.3. The summed E-state index contributed by atoms with van der Waals surface area (Å²) in [7, 11) is 1.56. The van der Waals surface area contributed by atoms with Crippen LogP contribution in [-0.4, -0.2) is 24.0 Å². The van der Waals surface area contributed by atoms with Gasteiger partial charge in [-0.1, -0.05) is 6.07 Å². The number of nitrogens with zero attached hydrogens (tertiary/aromatic N) is 1. The standard InChI is InChI=1S/C17H18N2O5/c1-11-15(5-4-6-16(11)19(21)22)18-17(20)12(2)24-14-9-7-13(23-3)8-10-14/h4-10,12H,1-3H3,(H,18,20)/t12-/m0/s1. The maximum Gasteiger partial charge on any atom is 0.274 e. The minimum atomic E-state index is -0.767. The number of amides is 1. The van der Waals surface area contributed by atoms with E-state index in [1.54, 1.807) is 51.3 Å². The van der Waals surface area contributed by atoms with Crippen LogP contribution < -0.4 is 14.8 Å². The highest BCUT2D eigenvalue weighted by atomic mass is 16.6. The zero-order valence-corrected chi connectivity index (χ0v) is 13.6. The SMILES string of the molecule is COc1ccc(O[C@@H](C)C(=O)Nc2cccc([N+](=O)[O-])c2C)cc1. The highest BCUT2D eigenvalue weighted by molar-refractivity contribution is 5.95. The molecule has 7 nitrogen and oxygen atoms in total. The minimum absolute atomic E-state index is 0.0449. The van der Waals surface area contributed by atoms with E-state index in [1.807, 2.05) is 0 Å². The summed E-state index contributed by atoms with van der Waals surface area (Å²) in [6.07, 6.45) is -0.767. The normalized spacial score (nSPS) is 11.5. The largest absolute Gasteiger partial charge is 0.497 e. The van der Waals surface area contributed by atoms with E-state index in [2.05, 4.69) is 5.32 Å². The van der Waals surface area contributed by atoms with Crippen LogP contribution >= 0.6 is 0 Å². The minimum Gasteiger partial charge on any atom is -0.497 e. The van der Waals surface area contributed by atoms with Crippen molar-refractivity contribution in [3.05, 3.63) is 58.1 Å². The van der Waals surface area contributed by atoms with Crippen molar-refractivity contribution in [1.29, 1.82) is 0 Å². The van der Waals surface area contributed by atoms with E-state index in [0.717, 1.165) is 0 Å². The van der Waals surface area contributed by atoms with Crippen LogP contribution in [0.15, 0.2) is 42.5 Å². The van der Waals surface area contributed by atoms with E-state index in [4.69, 9.17) is 9.47 Å². The van der Waals surface area contributed by atoms with Gasteiger partial charge < -0.3 is 14.8 Å². The number of hydrogen-bond donors (Lipinski definition) is 1. The molecule has 1 amide bonds. The highest BCUT2D eigenvalue weighted by Gasteiger charge is 2.19. The summed E-state index contributed by atoms with van der Waals surface area (Å²) < 4.78 is 10.6. The van der Waals surface area contributed by atoms with Crippen molar-refractivity contribution in [1.82, 2.24) is 0 Å². The quantitative estimate of drug-likeness (QED) is 0.648. The third kappa shape index (κ3) is 4.01. The summed E-state index contributed by atoms with van der Waals surface area (Å²) in [6, 6.07) is 11.4. The molecule has 0 saturated heterocycles. The number of nitrogens with one attached hydrogen (secondary N) is 1. The monoisotopic (exact) mass is 330 g/mol. The molecule has 0 fully saturated rings. The number of rotatable bonds is 6. The van der Waals surface area contributed by atoms with Crippen molar-refractivity contribution in [2.75, 3.05) is 12.4 Å². The van der Waals surface area contributed by atoms with Crippen LogP contribution in [0.1, 0.15) is 12.5 Å².